The van der Waals surface area contributed by atoms with E-state index in [1.807, 2.05) is 13.0 Å². The van der Waals surface area contributed by atoms with Crippen molar-refractivity contribution in [3.63, 3.8) is 0 Å². The van der Waals surface area contributed by atoms with Gasteiger partial charge >= 0.3 is 0 Å². The van der Waals surface area contributed by atoms with Gasteiger partial charge in [0.25, 0.3) is 11.8 Å². The maximum atomic E-state index is 13.3. The van der Waals surface area contributed by atoms with Crippen LogP contribution in [-0.4, -0.2) is 53.5 Å². The van der Waals surface area contributed by atoms with Crippen molar-refractivity contribution in [1.82, 2.24) is 9.88 Å². The van der Waals surface area contributed by atoms with Crippen molar-refractivity contribution in [3.8, 4) is 0 Å². The van der Waals surface area contributed by atoms with Crippen LogP contribution in [0.4, 0.5) is 10.1 Å². The average Bonchev–Trinajstić information content (AvgIpc) is 2.70. The Balaban J connectivity index is 1.54. The Bertz CT molecular complexity index is 902. The number of amides is 2. The number of halogens is 1. The lowest BCUT2D eigenvalue weighted by Crippen LogP contribution is -2.62. The maximum absolute atomic E-state index is 13.3. The number of carbonyl (C=O) groups excluding carboxylic acids is 2. The van der Waals surface area contributed by atoms with E-state index in [4.69, 9.17) is 4.74 Å². The molecular weight excluding hydrogens is 361 g/mol. The third-order valence-corrected chi connectivity index (χ3v) is 5.35. The maximum Gasteiger partial charge on any atom is 0.272 e. The van der Waals surface area contributed by atoms with E-state index >= 15 is 0 Å². The standard InChI is InChI=1S/C21H22FN3O3/c1-15-7-9-23-18(11-15)20(27)24-10-2-8-21(13-24)14-25(19(26)12-28-21)17-5-3-16(22)4-6-17/h3-7,9,11H,2,8,10,12-14H2,1H3. The second-order valence-corrected chi connectivity index (χ2v) is 7.48. The van der Waals surface area contributed by atoms with Gasteiger partial charge < -0.3 is 14.5 Å². The molecule has 1 aromatic carbocycles. The molecule has 2 fully saturated rings. The Hall–Kier alpha value is -2.80. The monoisotopic (exact) mass is 383 g/mol. The second-order valence-electron chi connectivity index (χ2n) is 7.48. The van der Waals surface area contributed by atoms with Crippen molar-refractivity contribution in [2.24, 2.45) is 0 Å². The minimum absolute atomic E-state index is 0.0535. The van der Waals surface area contributed by atoms with E-state index in [1.54, 1.807) is 34.2 Å². The highest BCUT2D eigenvalue weighted by Crippen LogP contribution is 2.32. The molecule has 146 valence electrons. The van der Waals surface area contributed by atoms with E-state index in [2.05, 4.69) is 4.98 Å². The Morgan fingerprint density at radius 3 is 2.75 bits per heavy atom. The highest BCUT2D eigenvalue weighted by atomic mass is 19.1. The first-order valence-electron chi connectivity index (χ1n) is 9.38. The lowest BCUT2D eigenvalue weighted by molar-refractivity contribution is -0.144. The quantitative estimate of drug-likeness (QED) is 0.800. The van der Waals surface area contributed by atoms with Gasteiger partial charge in [-0.05, 0) is 61.7 Å². The fourth-order valence-electron chi connectivity index (χ4n) is 3.90. The minimum Gasteiger partial charge on any atom is -0.361 e. The number of pyridine rings is 1. The zero-order valence-electron chi connectivity index (χ0n) is 15.7. The summed E-state index contributed by atoms with van der Waals surface area (Å²) in [7, 11) is 0. The van der Waals surface area contributed by atoms with Gasteiger partial charge in [0.05, 0.1) is 13.1 Å². The number of aromatic nitrogens is 1. The summed E-state index contributed by atoms with van der Waals surface area (Å²) in [6.45, 7) is 3.23. The minimum atomic E-state index is -0.625. The molecule has 28 heavy (non-hydrogen) atoms. The van der Waals surface area contributed by atoms with Crippen LogP contribution in [0.2, 0.25) is 0 Å². The molecule has 0 aliphatic carbocycles. The van der Waals surface area contributed by atoms with Crippen LogP contribution in [0, 0.1) is 12.7 Å². The number of aryl methyl sites for hydroxylation is 1. The highest BCUT2D eigenvalue weighted by Gasteiger charge is 2.44. The van der Waals surface area contributed by atoms with Gasteiger partial charge in [0.2, 0.25) is 0 Å². The number of nitrogens with zero attached hydrogens (tertiary/aromatic N) is 3. The first-order chi connectivity index (χ1) is 13.5. The molecule has 0 bridgehead atoms. The number of likely N-dealkylation sites (tertiary alicyclic amines) is 1. The van der Waals surface area contributed by atoms with Crippen molar-refractivity contribution in [2.45, 2.75) is 25.4 Å². The third kappa shape index (κ3) is 3.62. The van der Waals surface area contributed by atoms with Crippen LogP contribution in [-0.2, 0) is 9.53 Å². The van der Waals surface area contributed by atoms with Crippen LogP contribution < -0.4 is 4.90 Å². The van der Waals surface area contributed by atoms with Gasteiger partial charge in [-0.15, -0.1) is 0 Å². The summed E-state index contributed by atoms with van der Waals surface area (Å²) in [4.78, 5) is 32.9. The summed E-state index contributed by atoms with van der Waals surface area (Å²) in [6, 6.07) is 9.49. The van der Waals surface area contributed by atoms with Crippen LogP contribution in [0.5, 0.6) is 0 Å². The van der Waals surface area contributed by atoms with Gasteiger partial charge in [-0.2, -0.15) is 0 Å². The number of morpholine rings is 1. The summed E-state index contributed by atoms with van der Waals surface area (Å²) in [6.07, 6.45) is 3.17. The Morgan fingerprint density at radius 2 is 2.00 bits per heavy atom. The van der Waals surface area contributed by atoms with Crippen molar-refractivity contribution in [2.75, 3.05) is 31.1 Å². The molecule has 1 atom stereocenters. The van der Waals surface area contributed by atoms with Crippen LogP contribution in [0.3, 0.4) is 0 Å². The van der Waals surface area contributed by atoms with E-state index in [9.17, 15) is 14.0 Å². The van der Waals surface area contributed by atoms with Gasteiger partial charge in [-0.1, -0.05) is 0 Å². The number of piperidine rings is 1. The van der Waals surface area contributed by atoms with E-state index in [0.29, 0.717) is 31.0 Å². The lowest BCUT2D eigenvalue weighted by atomic mass is 9.90. The molecule has 2 aliphatic heterocycles. The molecule has 1 aromatic heterocycles. The predicted molar refractivity (Wildman–Crippen MR) is 102 cm³/mol. The van der Waals surface area contributed by atoms with E-state index in [1.165, 1.54) is 12.1 Å². The first-order valence-corrected chi connectivity index (χ1v) is 9.38. The van der Waals surface area contributed by atoms with E-state index < -0.39 is 5.60 Å². The van der Waals surface area contributed by atoms with Gasteiger partial charge in [-0.25, -0.2) is 4.39 Å². The Kier molecular flexibility index (Phi) is 4.85. The molecule has 7 heteroatoms. The van der Waals surface area contributed by atoms with E-state index in [-0.39, 0.29) is 24.2 Å². The van der Waals surface area contributed by atoms with Gasteiger partial charge in [0, 0.05) is 18.4 Å². The van der Waals surface area contributed by atoms with Crippen molar-refractivity contribution >= 4 is 17.5 Å². The fourth-order valence-corrected chi connectivity index (χ4v) is 3.90. The molecule has 0 N–H and O–H groups in total. The number of benzene rings is 1. The molecule has 4 rings (SSSR count). The van der Waals surface area contributed by atoms with Crippen LogP contribution in [0.1, 0.15) is 28.9 Å². The van der Waals surface area contributed by atoms with Gasteiger partial charge in [0.1, 0.15) is 23.7 Å². The molecule has 1 unspecified atom stereocenters. The SMILES string of the molecule is Cc1ccnc(C(=O)N2CCCC3(C2)CN(c2ccc(F)cc2)C(=O)CO3)c1. The largest absolute Gasteiger partial charge is 0.361 e. The smallest absolute Gasteiger partial charge is 0.272 e. The number of anilines is 1. The molecular formula is C21H22FN3O3. The van der Waals surface area contributed by atoms with Crippen molar-refractivity contribution < 1.29 is 18.7 Å². The summed E-state index contributed by atoms with van der Waals surface area (Å²) >= 11 is 0. The first kappa shape index (κ1) is 18.6. The average molecular weight is 383 g/mol. The Morgan fingerprint density at radius 1 is 1.21 bits per heavy atom. The topological polar surface area (TPSA) is 62.7 Å². The number of hydrogen-bond donors (Lipinski definition) is 0. The second kappa shape index (κ2) is 7.31. The molecule has 2 aliphatic rings. The lowest BCUT2D eigenvalue weighted by Gasteiger charge is -2.47. The molecule has 1 spiro atoms. The van der Waals surface area contributed by atoms with Gasteiger partial charge in [0.15, 0.2) is 0 Å². The highest BCUT2D eigenvalue weighted by molar-refractivity contribution is 5.95. The molecule has 0 saturated carbocycles. The zero-order valence-corrected chi connectivity index (χ0v) is 15.7. The summed E-state index contributed by atoms with van der Waals surface area (Å²) < 4.78 is 19.2. The summed E-state index contributed by atoms with van der Waals surface area (Å²) in [5.74, 6) is -0.642. The predicted octanol–water partition coefficient (Wildman–Crippen LogP) is 2.57. The van der Waals surface area contributed by atoms with Gasteiger partial charge in [-0.3, -0.25) is 14.6 Å². The summed E-state index contributed by atoms with van der Waals surface area (Å²) in [5, 5.41) is 0. The molecule has 3 heterocycles. The molecule has 2 amide bonds. The van der Waals surface area contributed by atoms with Crippen LogP contribution >= 0.6 is 0 Å². The number of ether oxygens (including phenoxy) is 1. The van der Waals surface area contributed by atoms with E-state index in [0.717, 1.165) is 18.4 Å². The number of hydrogen-bond acceptors (Lipinski definition) is 4. The molecule has 0 radical (unpaired) electrons. The Labute approximate surface area is 162 Å². The third-order valence-electron chi connectivity index (χ3n) is 5.35. The zero-order chi connectivity index (χ0) is 19.7. The van der Waals surface area contributed by atoms with Crippen molar-refractivity contribution in [1.29, 1.82) is 0 Å². The molecule has 6 nitrogen and oxygen atoms in total. The molecule has 2 saturated heterocycles. The fraction of sp³-hybridized carbons (Fsp3) is 0.381. The number of rotatable bonds is 2. The summed E-state index contributed by atoms with van der Waals surface area (Å²) in [5.41, 5.74) is 1.41. The number of carbonyl (C=O) groups is 2. The van der Waals surface area contributed by atoms with Crippen molar-refractivity contribution in [3.05, 3.63) is 59.7 Å². The van der Waals surface area contributed by atoms with Crippen LogP contribution in [0.15, 0.2) is 42.6 Å². The molecule has 2 aromatic rings. The van der Waals surface area contributed by atoms with Crippen LogP contribution in [0.25, 0.3) is 0 Å². The normalized spacial score (nSPS) is 22.6.